The highest BCUT2D eigenvalue weighted by molar-refractivity contribution is 5.92. The van der Waals surface area contributed by atoms with Gasteiger partial charge in [-0.1, -0.05) is 0 Å². The Balaban J connectivity index is 1.80. The molecule has 2 fully saturated rings. The van der Waals surface area contributed by atoms with Crippen LogP contribution in [0, 0.1) is 0 Å². The van der Waals surface area contributed by atoms with Crippen LogP contribution in [0.15, 0.2) is 4.99 Å². The number of guanidine groups is 1. The molecule has 0 aliphatic carbocycles. The van der Waals surface area contributed by atoms with Crippen molar-refractivity contribution in [1.82, 2.24) is 21.3 Å². The fourth-order valence-electron chi connectivity index (χ4n) is 3.58. The van der Waals surface area contributed by atoms with Crippen molar-refractivity contribution in [2.24, 2.45) is 16.5 Å². The summed E-state index contributed by atoms with van der Waals surface area (Å²) in [6.45, 7) is -0.976. The van der Waals surface area contributed by atoms with E-state index in [0.29, 0.717) is 0 Å². The smallest absolute Gasteiger partial charge is 0.404 e. The molecule has 0 aromatic carbocycles. The first kappa shape index (κ1) is 22.0. The second kappa shape index (κ2) is 8.97. The average Bonchev–Trinajstić information content (AvgIpc) is 3.14. The second-order valence-corrected chi connectivity index (χ2v) is 7.02. The summed E-state index contributed by atoms with van der Waals surface area (Å²) >= 11 is 0. The summed E-state index contributed by atoms with van der Waals surface area (Å²) in [6, 6.07) is -2.76. The van der Waals surface area contributed by atoms with Gasteiger partial charge in [-0.25, -0.2) is 9.79 Å². The number of carbonyl (C=O) groups excluding carboxylic acids is 3. The SMILES string of the molecule is NCC(=O)N[C@@H]1[C@H](O)[C@@H](OC(N)=O)[C@@H](CO)O[C@H]1NC1=N[C@@H]2C(=O)NC[C@@H](O)[C@H]2N1. The summed E-state index contributed by atoms with van der Waals surface area (Å²) in [5, 5.41) is 40.9. The molecule has 0 saturated carbocycles. The van der Waals surface area contributed by atoms with Crippen molar-refractivity contribution in [2.75, 3.05) is 19.7 Å². The number of nitrogens with two attached hydrogens (primary N) is 2. The van der Waals surface area contributed by atoms with Crippen molar-refractivity contribution >= 4 is 23.9 Å². The van der Waals surface area contributed by atoms with Crippen molar-refractivity contribution in [1.29, 1.82) is 0 Å². The van der Waals surface area contributed by atoms with Crippen LogP contribution in [0.2, 0.25) is 0 Å². The van der Waals surface area contributed by atoms with Gasteiger partial charge in [0.2, 0.25) is 11.8 Å². The highest BCUT2D eigenvalue weighted by atomic mass is 16.6. The van der Waals surface area contributed by atoms with Gasteiger partial charge >= 0.3 is 6.09 Å². The van der Waals surface area contributed by atoms with E-state index in [2.05, 4.69) is 26.3 Å². The second-order valence-electron chi connectivity index (χ2n) is 7.02. The van der Waals surface area contributed by atoms with Crippen LogP contribution in [0.3, 0.4) is 0 Å². The molecule has 2 saturated heterocycles. The summed E-state index contributed by atoms with van der Waals surface area (Å²) in [6.07, 6.45) is -7.36. The van der Waals surface area contributed by atoms with Crippen LogP contribution in [0.5, 0.6) is 0 Å². The zero-order valence-electron chi connectivity index (χ0n) is 15.7. The van der Waals surface area contributed by atoms with Crippen LogP contribution in [0.1, 0.15) is 0 Å². The molecule has 15 nitrogen and oxygen atoms in total. The first-order chi connectivity index (χ1) is 14.2. The van der Waals surface area contributed by atoms with Gasteiger partial charge in [-0.3, -0.25) is 9.59 Å². The molecule has 3 aliphatic rings. The zero-order chi connectivity index (χ0) is 22.0. The number of carbonyl (C=O) groups is 3. The van der Waals surface area contributed by atoms with E-state index in [4.69, 9.17) is 20.9 Å². The lowest BCUT2D eigenvalue weighted by Crippen LogP contribution is -2.70. The Morgan fingerprint density at radius 3 is 2.70 bits per heavy atom. The molecule has 3 rings (SSSR count). The van der Waals surface area contributed by atoms with Crippen molar-refractivity contribution < 1.29 is 39.2 Å². The van der Waals surface area contributed by atoms with Gasteiger partial charge in [0.05, 0.1) is 25.3 Å². The van der Waals surface area contributed by atoms with Crippen LogP contribution in [0.25, 0.3) is 0 Å². The topological polar surface area (TPSA) is 243 Å². The minimum Gasteiger partial charge on any atom is -0.441 e. The third-order valence-corrected chi connectivity index (χ3v) is 5.02. The Kier molecular flexibility index (Phi) is 6.57. The number of β-amino-alcohol motifs (C(OH)–C–C–N with tert-alkyl or cyclic N) is 1. The van der Waals surface area contributed by atoms with Gasteiger partial charge in [0.1, 0.15) is 18.2 Å². The maximum absolute atomic E-state index is 12.0. The third-order valence-electron chi connectivity index (χ3n) is 5.02. The molecule has 0 unspecified atom stereocenters. The molecule has 0 radical (unpaired) electrons. The number of fused-ring (bicyclic) bond motifs is 1. The number of aliphatic hydroxyl groups is 3. The predicted molar refractivity (Wildman–Crippen MR) is 97.5 cm³/mol. The number of nitrogens with zero attached hydrogens (tertiary/aromatic N) is 1. The van der Waals surface area contributed by atoms with Gasteiger partial charge in [0.15, 0.2) is 24.3 Å². The van der Waals surface area contributed by atoms with Crippen LogP contribution >= 0.6 is 0 Å². The van der Waals surface area contributed by atoms with E-state index in [9.17, 15) is 29.7 Å². The van der Waals surface area contributed by atoms with E-state index in [0.717, 1.165) is 0 Å². The molecule has 11 N–H and O–H groups in total. The van der Waals surface area contributed by atoms with Crippen molar-refractivity contribution in [3.63, 3.8) is 0 Å². The normalized spacial score (nSPS) is 37.9. The lowest BCUT2D eigenvalue weighted by Gasteiger charge is -2.44. The predicted octanol–water partition coefficient (Wildman–Crippen LogP) is -6.25. The van der Waals surface area contributed by atoms with Gasteiger partial charge in [-0.15, -0.1) is 0 Å². The Morgan fingerprint density at radius 2 is 2.10 bits per heavy atom. The lowest BCUT2D eigenvalue weighted by atomic mass is 9.95. The van der Waals surface area contributed by atoms with Crippen LogP contribution in [-0.4, -0.2) is 108 Å². The Hall–Kier alpha value is -2.72. The van der Waals surface area contributed by atoms with Crippen molar-refractivity contribution in [3.8, 4) is 0 Å². The van der Waals surface area contributed by atoms with E-state index in [1.54, 1.807) is 0 Å². The average molecular weight is 431 g/mol. The molecule has 0 aromatic heterocycles. The number of aliphatic imine (C=N–C) groups is 1. The molecule has 0 bridgehead atoms. The van der Waals surface area contributed by atoms with Crippen LogP contribution in [0.4, 0.5) is 4.79 Å². The fraction of sp³-hybridized carbons (Fsp3) is 0.733. The minimum atomic E-state index is -1.53. The van der Waals surface area contributed by atoms with Crippen LogP contribution < -0.4 is 32.7 Å². The molecule has 8 atom stereocenters. The van der Waals surface area contributed by atoms with Gasteiger partial charge in [-0.05, 0) is 0 Å². The number of primary amides is 1. The fourth-order valence-corrected chi connectivity index (χ4v) is 3.58. The molecule has 3 aliphatic heterocycles. The monoisotopic (exact) mass is 431 g/mol. The molecular formula is C15H25N7O8. The Labute approximate surface area is 170 Å². The van der Waals surface area contributed by atoms with Gasteiger partial charge in [-0.2, -0.15) is 0 Å². The number of amides is 3. The first-order valence-electron chi connectivity index (χ1n) is 9.21. The highest BCUT2D eigenvalue weighted by Crippen LogP contribution is 2.23. The minimum absolute atomic E-state index is 0.0579. The van der Waals surface area contributed by atoms with E-state index < -0.39 is 73.9 Å². The molecule has 3 heterocycles. The Bertz CT molecular complexity index is 721. The summed E-state index contributed by atoms with van der Waals surface area (Å²) < 4.78 is 10.5. The number of rotatable bonds is 5. The van der Waals surface area contributed by atoms with Crippen molar-refractivity contribution in [2.45, 2.75) is 48.8 Å². The molecule has 15 heteroatoms. The molecule has 3 amide bonds. The van der Waals surface area contributed by atoms with Crippen molar-refractivity contribution in [3.05, 3.63) is 0 Å². The lowest BCUT2D eigenvalue weighted by molar-refractivity contribution is -0.198. The maximum atomic E-state index is 12.0. The number of piperidine rings is 1. The van der Waals surface area contributed by atoms with E-state index >= 15 is 0 Å². The summed E-state index contributed by atoms with van der Waals surface area (Å²) in [5.74, 6) is -0.953. The van der Waals surface area contributed by atoms with Crippen LogP contribution in [-0.2, 0) is 19.1 Å². The maximum Gasteiger partial charge on any atom is 0.404 e. The summed E-state index contributed by atoms with van der Waals surface area (Å²) in [4.78, 5) is 39.1. The number of hydrogen-bond acceptors (Lipinski definition) is 12. The molecule has 0 aromatic rings. The molecule has 168 valence electrons. The molecule has 0 spiro atoms. The van der Waals surface area contributed by atoms with E-state index in [-0.39, 0.29) is 18.4 Å². The molecule has 30 heavy (non-hydrogen) atoms. The standard InChI is InChI=1S/C15H25N7O8/c16-1-6(25)19-9-10(26)11(30-14(17)28)5(3-23)29-13(9)22-15-20-7-4(24)2-18-12(27)8(7)21-15/h4-5,7-11,13,23-24,26H,1-3,16H2,(H2,17,28)(H,18,27)(H,19,25)(H2,20,21,22)/t4-,5-,7-,8+,9-,10+,11+,13-/m1/s1. The van der Waals surface area contributed by atoms with Gasteiger partial charge in [0.25, 0.3) is 0 Å². The zero-order valence-corrected chi connectivity index (χ0v) is 15.7. The van der Waals surface area contributed by atoms with E-state index in [1.807, 2.05) is 0 Å². The first-order valence-corrected chi connectivity index (χ1v) is 9.21. The largest absolute Gasteiger partial charge is 0.441 e. The summed E-state index contributed by atoms with van der Waals surface area (Å²) in [7, 11) is 0. The van der Waals surface area contributed by atoms with Gasteiger partial charge < -0.3 is 57.5 Å². The van der Waals surface area contributed by atoms with E-state index in [1.165, 1.54) is 0 Å². The molecular weight excluding hydrogens is 406 g/mol. The number of nitrogens with one attached hydrogen (secondary N) is 4. The quantitative estimate of drug-likeness (QED) is 0.198. The number of hydrogen-bond donors (Lipinski definition) is 9. The number of ether oxygens (including phenoxy) is 2. The van der Waals surface area contributed by atoms with Gasteiger partial charge in [0, 0.05) is 6.54 Å². The summed E-state index contributed by atoms with van der Waals surface area (Å²) in [5.41, 5.74) is 10.3. The third kappa shape index (κ3) is 4.39. The Morgan fingerprint density at radius 1 is 1.37 bits per heavy atom. The highest BCUT2D eigenvalue weighted by Gasteiger charge is 2.49. The number of aliphatic hydroxyl groups excluding tert-OH is 3.